The molecule has 1 N–H and O–H groups in total. The first-order chi connectivity index (χ1) is 14.5. The van der Waals surface area contributed by atoms with E-state index in [1.54, 1.807) is 24.3 Å². The fourth-order valence-corrected chi connectivity index (χ4v) is 3.39. The van der Waals surface area contributed by atoms with Crippen LogP contribution in [0.4, 0.5) is 10.5 Å². The van der Waals surface area contributed by atoms with Crippen molar-refractivity contribution >= 4 is 29.6 Å². The average Bonchev–Trinajstić information content (AvgIpc) is 3.18. The molecular weight excluding hydrogens is 388 g/mol. The van der Waals surface area contributed by atoms with Crippen molar-refractivity contribution in [1.29, 1.82) is 0 Å². The SMILES string of the molecule is CCOc1cc2c(cc1/C=C1/C(=O)NC(=O)N(c3ccccc3CC)C1=O)OCO2. The Morgan fingerprint density at radius 1 is 1.10 bits per heavy atom. The highest BCUT2D eigenvalue weighted by Gasteiger charge is 2.37. The number of aryl methyl sites for hydroxylation is 1. The molecule has 4 rings (SSSR count). The molecule has 2 aliphatic heterocycles. The molecule has 1 saturated heterocycles. The molecule has 154 valence electrons. The summed E-state index contributed by atoms with van der Waals surface area (Å²) in [5.41, 5.74) is 1.54. The summed E-state index contributed by atoms with van der Waals surface area (Å²) < 4.78 is 16.4. The maximum Gasteiger partial charge on any atom is 0.335 e. The number of para-hydroxylation sites is 1. The molecule has 0 radical (unpaired) electrons. The molecule has 30 heavy (non-hydrogen) atoms. The van der Waals surface area contributed by atoms with E-state index in [0.29, 0.717) is 41.5 Å². The number of nitrogens with one attached hydrogen (secondary N) is 1. The average molecular weight is 408 g/mol. The van der Waals surface area contributed by atoms with Gasteiger partial charge in [0.25, 0.3) is 11.8 Å². The summed E-state index contributed by atoms with van der Waals surface area (Å²) in [7, 11) is 0. The Morgan fingerprint density at radius 3 is 2.57 bits per heavy atom. The van der Waals surface area contributed by atoms with Crippen molar-refractivity contribution in [1.82, 2.24) is 5.32 Å². The highest BCUT2D eigenvalue weighted by Crippen LogP contribution is 2.39. The summed E-state index contributed by atoms with van der Waals surface area (Å²) in [6.45, 7) is 4.21. The van der Waals surface area contributed by atoms with Gasteiger partial charge in [0.15, 0.2) is 11.5 Å². The van der Waals surface area contributed by atoms with Gasteiger partial charge in [-0.15, -0.1) is 0 Å². The van der Waals surface area contributed by atoms with Gasteiger partial charge < -0.3 is 14.2 Å². The van der Waals surface area contributed by atoms with E-state index < -0.39 is 17.8 Å². The van der Waals surface area contributed by atoms with Crippen molar-refractivity contribution in [3.63, 3.8) is 0 Å². The maximum atomic E-state index is 13.2. The van der Waals surface area contributed by atoms with E-state index in [2.05, 4.69) is 5.32 Å². The van der Waals surface area contributed by atoms with Crippen molar-refractivity contribution < 1.29 is 28.6 Å². The molecule has 2 heterocycles. The lowest BCUT2D eigenvalue weighted by Gasteiger charge is -2.28. The minimum absolute atomic E-state index is 0.0798. The number of carbonyl (C=O) groups is 3. The fraction of sp³-hybridized carbons (Fsp3) is 0.227. The normalized spacial score (nSPS) is 16.8. The van der Waals surface area contributed by atoms with Crippen molar-refractivity contribution in [3.8, 4) is 17.2 Å². The van der Waals surface area contributed by atoms with Crippen LogP contribution in [0.1, 0.15) is 25.0 Å². The van der Waals surface area contributed by atoms with E-state index in [1.807, 2.05) is 26.0 Å². The lowest BCUT2D eigenvalue weighted by atomic mass is 10.0. The number of benzene rings is 2. The minimum atomic E-state index is -0.779. The van der Waals surface area contributed by atoms with Crippen LogP contribution in [0.3, 0.4) is 0 Å². The zero-order chi connectivity index (χ0) is 21.3. The summed E-state index contributed by atoms with van der Waals surface area (Å²) in [6, 6.07) is 9.59. The minimum Gasteiger partial charge on any atom is -0.493 e. The third-order valence-corrected chi connectivity index (χ3v) is 4.82. The molecular formula is C22H20N2O6. The van der Waals surface area contributed by atoms with Crippen LogP contribution >= 0.6 is 0 Å². The van der Waals surface area contributed by atoms with Crippen LogP contribution in [0.15, 0.2) is 42.0 Å². The van der Waals surface area contributed by atoms with E-state index in [9.17, 15) is 14.4 Å². The second kappa shape index (κ2) is 7.90. The Labute approximate surface area is 173 Å². The molecule has 2 aromatic rings. The molecule has 0 bridgehead atoms. The van der Waals surface area contributed by atoms with Gasteiger partial charge in [0.1, 0.15) is 11.3 Å². The van der Waals surface area contributed by atoms with Gasteiger partial charge in [-0.25, -0.2) is 9.69 Å². The number of nitrogens with zero attached hydrogens (tertiary/aromatic N) is 1. The van der Waals surface area contributed by atoms with Gasteiger partial charge in [-0.1, -0.05) is 25.1 Å². The molecule has 0 saturated carbocycles. The number of ether oxygens (including phenoxy) is 3. The molecule has 1 fully saturated rings. The number of amides is 4. The van der Waals surface area contributed by atoms with Gasteiger partial charge in [-0.2, -0.15) is 0 Å². The number of hydrogen-bond donors (Lipinski definition) is 1. The van der Waals surface area contributed by atoms with E-state index >= 15 is 0 Å². The number of carbonyl (C=O) groups excluding carboxylic acids is 3. The molecule has 2 aromatic carbocycles. The van der Waals surface area contributed by atoms with Crippen LogP contribution in [0, 0.1) is 0 Å². The van der Waals surface area contributed by atoms with Gasteiger partial charge in [-0.3, -0.25) is 14.9 Å². The molecule has 0 aliphatic carbocycles. The topological polar surface area (TPSA) is 94.2 Å². The van der Waals surface area contributed by atoms with Gasteiger partial charge in [-0.05, 0) is 37.1 Å². The summed E-state index contributed by atoms with van der Waals surface area (Å²) in [5, 5.41) is 2.25. The number of imide groups is 2. The molecule has 0 aromatic heterocycles. The second-order valence-corrected chi connectivity index (χ2v) is 6.62. The summed E-state index contributed by atoms with van der Waals surface area (Å²) in [4.78, 5) is 39.2. The number of urea groups is 1. The molecule has 2 aliphatic rings. The van der Waals surface area contributed by atoms with E-state index in [-0.39, 0.29) is 12.4 Å². The van der Waals surface area contributed by atoms with E-state index in [4.69, 9.17) is 14.2 Å². The number of rotatable bonds is 5. The quantitative estimate of drug-likeness (QED) is 0.604. The van der Waals surface area contributed by atoms with Gasteiger partial charge in [0, 0.05) is 11.6 Å². The van der Waals surface area contributed by atoms with E-state index in [0.717, 1.165) is 10.5 Å². The second-order valence-electron chi connectivity index (χ2n) is 6.62. The number of anilines is 1. The first kappa shape index (κ1) is 19.5. The summed E-state index contributed by atoms with van der Waals surface area (Å²) in [6.07, 6.45) is 2.02. The molecule has 8 heteroatoms. The standard InChI is InChI=1S/C22H20N2O6/c1-3-13-7-5-6-8-16(13)24-21(26)15(20(25)23-22(24)27)9-14-10-18-19(30-12-29-18)11-17(14)28-4-2/h5-11H,3-4,12H2,1-2H3,(H,23,25,27)/b15-9-. The summed E-state index contributed by atoms with van der Waals surface area (Å²) >= 11 is 0. The largest absolute Gasteiger partial charge is 0.493 e. The van der Waals surface area contributed by atoms with Gasteiger partial charge in [0.05, 0.1) is 12.3 Å². The monoisotopic (exact) mass is 408 g/mol. The van der Waals surface area contributed by atoms with Crippen molar-refractivity contribution in [2.24, 2.45) is 0 Å². The Kier molecular flexibility index (Phi) is 5.14. The van der Waals surface area contributed by atoms with Crippen LogP contribution in [-0.4, -0.2) is 31.2 Å². The van der Waals surface area contributed by atoms with E-state index in [1.165, 1.54) is 6.08 Å². The Morgan fingerprint density at radius 2 is 1.83 bits per heavy atom. The molecule has 4 amide bonds. The number of hydrogen-bond acceptors (Lipinski definition) is 6. The van der Waals surface area contributed by atoms with Crippen molar-refractivity contribution in [2.75, 3.05) is 18.3 Å². The Bertz CT molecular complexity index is 1080. The zero-order valence-corrected chi connectivity index (χ0v) is 16.6. The predicted molar refractivity (Wildman–Crippen MR) is 109 cm³/mol. The maximum absolute atomic E-state index is 13.2. The number of fused-ring (bicyclic) bond motifs is 1. The Hall–Kier alpha value is -3.81. The van der Waals surface area contributed by atoms with Crippen molar-refractivity contribution in [3.05, 3.63) is 53.1 Å². The third-order valence-electron chi connectivity index (χ3n) is 4.82. The van der Waals surface area contributed by atoms with Crippen molar-refractivity contribution in [2.45, 2.75) is 20.3 Å². The van der Waals surface area contributed by atoms with Crippen LogP contribution in [0.25, 0.3) is 6.08 Å². The highest BCUT2D eigenvalue weighted by atomic mass is 16.7. The van der Waals surface area contributed by atoms with Gasteiger partial charge in [0.2, 0.25) is 6.79 Å². The van der Waals surface area contributed by atoms with Crippen LogP contribution < -0.4 is 24.4 Å². The fourth-order valence-electron chi connectivity index (χ4n) is 3.39. The van der Waals surface area contributed by atoms with Gasteiger partial charge >= 0.3 is 6.03 Å². The zero-order valence-electron chi connectivity index (χ0n) is 16.6. The number of barbiturate groups is 1. The smallest absolute Gasteiger partial charge is 0.335 e. The third kappa shape index (κ3) is 3.36. The Balaban J connectivity index is 1.79. The highest BCUT2D eigenvalue weighted by molar-refractivity contribution is 6.39. The van der Waals surface area contributed by atoms with Crippen LogP contribution in [0.2, 0.25) is 0 Å². The lowest BCUT2D eigenvalue weighted by molar-refractivity contribution is -0.122. The molecule has 0 atom stereocenters. The lowest BCUT2D eigenvalue weighted by Crippen LogP contribution is -2.54. The molecule has 8 nitrogen and oxygen atoms in total. The van der Waals surface area contributed by atoms with Crippen LogP contribution in [-0.2, 0) is 16.0 Å². The first-order valence-corrected chi connectivity index (χ1v) is 9.59. The molecule has 0 spiro atoms. The van der Waals surface area contributed by atoms with Crippen LogP contribution in [0.5, 0.6) is 17.2 Å². The molecule has 0 unspecified atom stereocenters. The predicted octanol–water partition coefficient (Wildman–Crippen LogP) is 3.04. The summed E-state index contributed by atoms with van der Waals surface area (Å²) in [5.74, 6) is -0.0284. The first-order valence-electron chi connectivity index (χ1n) is 9.59.